The first-order valence-corrected chi connectivity index (χ1v) is 10.4. The number of carbonyl (C=O) groups is 1. The zero-order valence-electron chi connectivity index (χ0n) is 16.4. The molecule has 2 N–H and O–H groups in total. The van der Waals surface area contributed by atoms with Crippen LogP contribution in [0.3, 0.4) is 0 Å². The van der Waals surface area contributed by atoms with Crippen molar-refractivity contribution in [3.63, 3.8) is 0 Å². The van der Waals surface area contributed by atoms with Gasteiger partial charge in [0.15, 0.2) is 0 Å². The second kappa shape index (κ2) is 7.29. The van der Waals surface area contributed by atoms with Crippen LogP contribution in [-0.4, -0.2) is 16.1 Å². The third-order valence-corrected chi connectivity index (χ3v) is 7.02. The lowest BCUT2D eigenvalue weighted by Gasteiger charge is -2.39. The molecular formula is C24H26ClNO2. The van der Waals surface area contributed by atoms with Gasteiger partial charge in [-0.05, 0) is 61.3 Å². The molecule has 0 saturated carbocycles. The SMILES string of the molecule is CCC1(CC(=O)O)CCC(Cc2ccccc2)c2c1[nH]c1c(C)c(Cl)ccc21. The van der Waals surface area contributed by atoms with Gasteiger partial charge < -0.3 is 10.1 Å². The smallest absolute Gasteiger partial charge is 0.304 e. The van der Waals surface area contributed by atoms with E-state index in [0.29, 0.717) is 5.92 Å². The van der Waals surface area contributed by atoms with Crippen molar-refractivity contribution in [3.05, 3.63) is 69.9 Å². The summed E-state index contributed by atoms with van der Waals surface area (Å²) in [5.74, 6) is -0.358. The summed E-state index contributed by atoms with van der Waals surface area (Å²) in [4.78, 5) is 15.4. The Labute approximate surface area is 170 Å². The fourth-order valence-corrected chi connectivity index (χ4v) is 5.17. The van der Waals surface area contributed by atoms with Crippen LogP contribution in [0.5, 0.6) is 0 Å². The van der Waals surface area contributed by atoms with Crippen LogP contribution < -0.4 is 0 Å². The number of halogens is 1. The molecule has 28 heavy (non-hydrogen) atoms. The average molecular weight is 396 g/mol. The molecule has 4 rings (SSSR count). The molecule has 1 aliphatic rings. The molecule has 2 unspecified atom stereocenters. The van der Waals surface area contributed by atoms with Gasteiger partial charge in [-0.3, -0.25) is 4.79 Å². The van der Waals surface area contributed by atoms with E-state index in [9.17, 15) is 9.90 Å². The zero-order valence-corrected chi connectivity index (χ0v) is 17.1. The van der Waals surface area contributed by atoms with E-state index in [1.165, 1.54) is 16.5 Å². The Bertz CT molecular complexity index is 1020. The molecule has 2 atom stereocenters. The topological polar surface area (TPSA) is 53.1 Å². The molecule has 1 aliphatic carbocycles. The van der Waals surface area contributed by atoms with E-state index in [2.05, 4.69) is 42.2 Å². The molecule has 0 bridgehead atoms. The van der Waals surface area contributed by atoms with E-state index in [-0.39, 0.29) is 11.8 Å². The Hall–Kier alpha value is -2.26. The molecule has 0 spiro atoms. The van der Waals surface area contributed by atoms with Crippen LogP contribution >= 0.6 is 11.6 Å². The van der Waals surface area contributed by atoms with Gasteiger partial charge >= 0.3 is 5.97 Å². The van der Waals surface area contributed by atoms with E-state index in [1.807, 2.05) is 19.1 Å². The first-order valence-electron chi connectivity index (χ1n) is 10.0. The second-order valence-corrected chi connectivity index (χ2v) is 8.55. The molecule has 0 amide bonds. The van der Waals surface area contributed by atoms with Crippen LogP contribution in [0.2, 0.25) is 5.02 Å². The van der Waals surface area contributed by atoms with Gasteiger partial charge in [-0.15, -0.1) is 0 Å². The van der Waals surface area contributed by atoms with Gasteiger partial charge in [0.1, 0.15) is 0 Å². The van der Waals surface area contributed by atoms with Gasteiger partial charge in [-0.1, -0.05) is 54.9 Å². The molecule has 0 radical (unpaired) electrons. The third kappa shape index (κ3) is 3.12. The van der Waals surface area contributed by atoms with Crippen LogP contribution in [0.4, 0.5) is 0 Å². The van der Waals surface area contributed by atoms with Crippen LogP contribution in [0, 0.1) is 6.92 Å². The number of H-pyrrole nitrogens is 1. The number of aliphatic carboxylic acids is 1. The minimum absolute atomic E-state index is 0.161. The second-order valence-electron chi connectivity index (χ2n) is 8.14. The summed E-state index contributed by atoms with van der Waals surface area (Å²) >= 11 is 6.39. The fraction of sp³-hybridized carbons (Fsp3) is 0.375. The van der Waals surface area contributed by atoms with Crippen molar-refractivity contribution in [2.75, 3.05) is 0 Å². The van der Waals surface area contributed by atoms with E-state index in [1.54, 1.807) is 0 Å². The zero-order chi connectivity index (χ0) is 19.9. The van der Waals surface area contributed by atoms with Crippen molar-refractivity contribution in [1.82, 2.24) is 4.98 Å². The lowest BCUT2D eigenvalue weighted by atomic mass is 9.65. The van der Waals surface area contributed by atoms with Crippen molar-refractivity contribution >= 4 is 28.5 Å². The van der Waals surface area contributed by atoms with Crippen molar-refractivity contribution < 1.29 is 9.90 Å². The van der Waals surface area contributed by atoms with Crippen molar-refractivity contribution in [2.24, 2.45) is 0 Å². The van der Waals surface area contributed by atoms with E-state index in [0.717, 1.165) is 47.5 Å². The number of aryl methyl sites for hydroxylation is 1. The summed E-state index contributed by atoms with van der Waals surface area (Å²) in [6.45, 7) is 4.14. The molecule has 0 saturated heterocycles. The monoisotopic (exact) mass is 395 g/mol. The number of hydrogen-bond acceptors (Lipinski definition) is 1. The summed E-state index contributed by atoms with van der Waals surface area (Å²) in [5.41, 5.74) is 5.48. The Balaban J connectivity index is 1.91. The van der Waals surface area contributed by atoms with Gasteiger partial charge in [0.2, 0.25) is 0 Å². The molecule has 3 aromatic rings. The maximum Gasteiger partial charge on any atom is 0.304 e. The minimum atomic E-state index is -0.734. The first kappa shape index (κ1) is 19.1. The highest BCUT2D eigenvalue weighted by Crippen LogP contribution is 2.50. The van der Waals surface area contributed by atoms with Crippen molar-refractivity contribution in [1.29, 1.82) is 0 Å². The fourth-order valence-electron chi connectivity index (χ4n) is 5.01. The number of rotatable bonds is 5. The van der Waals surface area contributed by atoms with E-state index >= 15 is 0 Å². The predicted molar refractivity (Wildman–Crippen MR) is 114 cm³/mol. The number of fused-ring (bicyclic) bond motifs is 3. The van der Waals surface area contributed by atoms with Crippen LogP contribution in [0.25, 0.3) is 10.9 Å². The maximum absolute atomic E-state index is 11.7. The largest absolute Gasteiger partial charge is 0.481 e. The number of nitrogens with one attached hydrogen (secondary N) is 1. The number of benzene rings is 2. The molecule has 3 nitrogen and oxygen atoms in total. The normalized spacial score (nSPS) is 21.6. The molecular weight excluding hydrogens is 370 g/mol. The van der Waals surface area contributed by atoms with E-state index < -0.39 is 5.97 Å². The standard InChI is InChI=1S/C24H26ClNO2/c1-3-24(14-20(27)28)12-11-17(13-16-7-5-4-6-8-16)21-18-9-10-19(25)15(2)22(18)26-23(21)24/h4-10,17,26H,3,11-14H2,1-2H3,(H,27,28). The van der Waals surface area contributed by atoms with Crippen LogP contribution in [0.1, 0.15) is 60.9 Å². The summed E-state index contributed by atoms with van der Waals surface area (Å²) in [6, 6.07) is 14.6. The van der Waals surface area contributed by atoms with E-state index in [4.69, 9.17) is 11.6 Å². The molecule has 4 heteroatoms. The third-order valence-electron chi connectivity index (χ3n) is 6.61. The number of carboxylic acid groups (broad SMARTS) is 1. The highest BCUT2D eigenvalue weighted by atomic mass is 35.5. The van der Waals surface area contributed by atoms with Gasteiger partial charge in [0.05, 0.1) is 11.9 Å². The Morgan fingerprint density at radius 1 is 1.25 bits per heavy atom. The Kier molecular flexibility index (Phi) is 4.96. The first-order chi connectivity index (χ1) is 13.4. The lowest BCUT2D eigenvalue weighted by molar-refractivity contribution is -0.138. The molecule has 2 aromatic carbocycles. The Morgan fingerprint density at radius 3 is 2.68 bits per heavy atom. The summed E-state index contributed by atoms with van der Waals surface area (Å²) in [7, 11) is 0. The van der Waals surface area contributed by atoms with Crippen LogP contribution in [-0.2, 0) is 16.6 Å². The highest BCUT2D eigenvalue weighted by molar-refractivity contribution is 6.32. The summed E-state index contributed by atoms with van der Waals surface area (Å²) in [6.07, 6.45) is 3.82. The molecule has 0 fully saturated rings. The maximum atomic E-state index is 11.7. The summed E-state index contributed by atoms with van der Waals surface area (Å²) in [5, 5.41) is 11.6. The van der Waals surface area contributed by atoms with Gasteiger partial charge in [-0.25, -0.2) is 0 Å². The Morgan fingerprint density at radius 2 is 2.00 bits per heavy atom. The lowest BCUT2D eigenvalue weighted by Crippen LogP contribution is -2.34. The number of hydrogen-bond donors (Lipinski definition) is 2. The minimum Gasteiger partial charge on any atom is -0.481 e. The van der Waals surface area contributed by atoms with Gasteiger partial charge in [-0.2, -0.15) is 0 Å². The number of aromatic amines is 1. The van der Waals surface area contributed by atoms with Crippen LogP contribution in [0.15, 0.2) is 42.5 Å². The van der Waals surface area contributed by atoms with Crippen molar-refractivity contribution in [3.8, 4) is 0 Å². The molecule has 146 valence electrons. The highest BCUT2D eigenvalue weighted by Gasteiger charge is 2.42. The number of aromatic nitrogens is 1. The predicted octanol–water partition coefficient (Wildman–Crippen LogP) is 6.37. The summed E-state index contributed by atoms with van der Waals surface area (Å²) < 4.78 is 0. The molecule has 1 heterocycles. The average Bonchev–Trinajstić information content (AvgIpc) is 3.09. The quantitative estimate of drug-likeness (QED) is 0.527. The molecule has 1 aromatic heterocycles. The number of carboxylic acids is 1. The molecule has 0 aliphatic heterocycles. The van der Waals surface area contributed by atoms with Crippen molar-refractivity contribution in [2.45, 2.75) is 57.3 Å². The van der Waals surface area contributed by atoms with Gasteiger partial charge in [0.25, 0.3) is 0 Å². The van der Waals surface area contributed by atoms with Gasteiger partial charge in [0, 0.05) is 21.5 Å².